The summed E-state index contributed by atoms with van der Waals surface area (Å²) in [5.74, 6) is -1.63. The Labute approximate surface area is 169 Å². The first-order valence-corrected chi connectivity index (χ1v) is 10.5. The molecule has 0 aliphatic heterocycles. The molecule has 0 unspecified atom stereocenters. The number of benzene rings is 2. The molecule has 8 nitrogen and oxygen atoms in total. The van der Waals surface area contributed by atoms with Crippen LogP contribution in [0.2, 0.25) is 0 Å². The summed E-state index contributed by atoms with van der Waals surface area (Å²) in [6, 6.07) is 13.0. The number of hydrogen-bond donors (Lipinski definition) is 1. The van der Waals surface area contributed by atoms with Crippen molar-refractivity contribution in [3.63, 3.8) is 0 Å². The van der Waals surface area contributed by atoms with E-state index < -0.39 is 35.1 Å². The van der Waals surface area contributed by atoms with Crippen molar-refractivity contribution in [2.24, 2.45) is 0 Å². The van der Waals surface area contributed by atoms with Crippen LogP contribution in [0.1, 0.15) is 22.8 Å². The second kappa shape index (κ2) is 9.33. The van der Waals surface area contributed by atoms with Crippen molar-refractivity contribution in [3.8, 4) is 0 Å². The van der Waals surface area contributed by atoms with E-state index in [0.29, 0.717) is 22.5 Å². The highest BCUT2D eigenvalue weighted by Gasteiger charge is 2.23. The Morgan fingerprint density at radius 1 is 1.07 bits per heavy atom. The van der Waals surface area contributed by atoms with Gasteiger partial charge in [-0.1, -0.05) is 30.3 Å². The molecular formula is C20H22N2O6S. The van der Waals surface area contributed by atoms with Gasteiger partial charge in [0.1, 0.15) is 6.54 Å². The summed E-state index contributed by atoms with van der Waals surface area (Å²) in [5.41, 5.74) is 1.85. The highest BCUT2D eigenvalue weighted by Crippen LogP contribution is 2.21. The number of sulfonamides is 1. The molecular weight excluding hydrogens is 396 g/mol. The number of nitrogens with zero attached hydrogens (tertiary/aromatic N) is 1. The van der Waals surface area contributed by atoms with Crippen molar-refractivity contribution in [2.45, 2.75) is 13.8 Å². The van der Waals surface area contributed by atoms with Gasteiger partial charge in [0.2, 0.25) is 10.0 Å². The quantitative estimate of drug-likeness (QED) is 0.520. The molecule has 0 heterocycles. The SMILES string of the molecule is CC(=O)c1cccc(NC(=O)COC(=O)CN(c2ccccc2C)S(C)(=O)=O)c1. The van der Waals surface area contributed by atoms with E-state index in [1.54, 1.807) is 49.4 Å². The lowest BCUT2D eigenvalue weighted by Gasteiger charge is -2.23. The zero-order chi connectivity index (χ0) is 21.6. The van der Waals surface area contributed by atoms with Crippen LogP contribution in [0.25, 0.3) is 0 Å². The minimum Gasteiger partial charge on any atom is -0.454 e. The first kappa shape index (κ1) is 22.1. The van der Waals surface area contributed by atoms with Crippen LogP contribution in [-0.4, -0.2) is 45.5 Å². The van der Waals surface area contributed by atoms with Gasteiger partial charge in [0.15, 0.2) is 12.4 Å². The number of carbonyl (C=O) groups is 3. The monoisotopic (exact) mass is 418 g/mol. The van der Waals surface area contributed by atoms with Gasteiger partial charge in [-0.2, -0.15) is 0 Å². The third-order valence-corrected chi connectivity index (χ3v) is 5.10. The standard InChI is InChI=1S/C20H22N2O6S/c1-14-7-4-5-10-18(14)22(29(3,26)27)12-20(25)28-13-19(24)21-17-9-6-8-16(11-17)15(2)23/h4-11H,12-13H2,1-3H3,(H,21,24). The van der Waals surface area contributed by atoms with E-state index in [1.165, 1.54) is 13.0 Å². The third-order valence-electron chi connectivity index (χ3n) is 3.97. The van der Waals surface area contributed by atoms with Crippen molar-refractivity contribution in [1.29, 1.82) is 0 Å². The van der Waals surface area contributed by atoms with Gasteiger partial charge in [-0.25, -0.2) is 8.42 Å². The fourth-order valence-electron chi connectivity index (χ4n) is 2.55. The van der Waals surface area contributed by atoms with Gasteiger partial charge in [-0.15, -0.1) is 0 Å². The van der Waals surface area contributed by atoms with Gasteiger partial charge in [-0.05, 0) is 37.6 Å². The maximum absolute atomic E-state index is 12.1. The number of ketones is 1. The number of ether oxygens (including phenoxy) is 1. The molecule has 1 N–H and O–H groups in total. The lowest BCUT2D eigenvalue weighted by atomic mass is 10.1. The number of aryl methyl sites for hydroxylation is 1. The molecule has 0 atom stereocenters. The van der Waals surface area contributed by atoms with Crippen molar-refractivity contribution < 1.29 is 27.5 Å². The van der Waals surface area contributed by atoms with Crippen LogP contribution in [0.3, 0.4) is 0 Å². The van der Waals surface area contributed by atoms with E-state index in [1.807, 2.05) is 0 Å². The topological polar surface area (TPSA) is 110 Å². The van der Waals surface area contributed by atoms with E-state index >= 15 is 0 Å². The van der Waals surface area contributed by atoms with Crippen LogP contribution < -0.4 is 9.62 Å². The number of anilines is 2. The second-order valence-electron chi connectivity index (χ2n) is 6.40. The molecule has 9 heteroatoms. The van der Waals surface area contributed by atoms with Gasteiger partial charge in [-0.3, -0.25) is 18.7 Å². The van der Waals surface area contributed by atoms with E-state index in [4.69, 9.17) is 4.74 Å². The number of rotatable bonds is 8. The van der Waals surface area contributed by atoms with Crippen molar-refractivity contribution >= 4 is 39.1 Å². The molecule has 0 fully saturated rings. The predicted molar refractivity (Wildman–Crippen MR) is 109 cm³/mol. The van der Waals surface area contributed by atoms with Gasteiger partial charge >= 0.3 is 5.97 Å². The fourth-order valence-corrected chi connectivity index (χ4v) is 3.45. The second-order valence-corrected chi connectivity index (χ2v) is 8.31. The largest absolute Gasteiger partial charge is 0.454 e. The smallest absolute Gasteiger partial charge is 0.327 e. The number of para-hydroxylation sites is 1. The Morgan fingerprint density at radius 2 is 1.76 bits per heavy atom. The minimum absolute atomic E-state index is 0.149. The highest BCUT2D eigenvalue weighted by atomic mass is 32.2. The van der Waals surface area contributed by atoms with Crippen molar-refractivity contribution in [2.75, 3.05) is 29.0 Å². The fraction of sp³-hybridized carbons (Fsp3) is 0.250. The van der Waals surface area contributed by atoms with Crippen molar-refractivity contribution in [3.05, 3.63) is 59.7 Å². The van der Waals surface area contributed by atoms with Crippen LogP contribution in [0, 0.1) is 6.92 Å². The Kier molecular flexibility index (Phi) is 7.11. The van der Waals surface area contributed by atoms with Crippen LogP contribution in [0.15, 0.2) is 48.5 Å². The maximum atomic E-state index is 12.1. The first-order chi connectivity index (χ1) is 13.6. The number of esters is 1. The summed E-state index contributed by atoms with van der Waals surface area (Å²) >= 11 is 0. The molecule has 0 radical (unpaired) electrons. The molecule has 1 amide bonds. The van der Waals surface area contributed by atoms with Gasteiger partial charge in [0.05, 0.1) is 11.9 Å². The van der Waals surface area contributed by atoms with Crippen LogP contribution >= 0.6 is 0 Å². The molecule has 2 aromatic rings. The molecule has 2 aromatic carbocycles. The van der Waals surface area contributed by atoms with E-state index in [0.717, 1.165) is 10.6 Å². The van der Waals surface area contributed by atoms with Crippen LogP contribution in [0.4, 0.5) is 11.4 Å². The molecule has 0 bridgehead atoms. The normalized spacial score (nSPS) is 10.9. The summed E-state index contributed by atoms with van der Waals surface area (Å²) in [4.78, 5) is 35.5. The highest BCUT2D eigenvalue weighted by molar-refractivity contribution is 7.92. The summed E-state index contributed by atoms with van der Waals surface area (Å²) in [7, 11) is -3.74. The van der Waals surface area contributed by atoms with E-state index in [-0.39, 0.29) is 5.78 Å². The Bertz CT molecular complexity index is 1030. The predicted octanol–water partition coefficient (Wildman–Crippen LogP) is 2.15. The summed E-state index contributed by atoms with van der Waals surface area (Å²) in [6.45, 7) is 1.98. The zero-order valence-corrected chi connectivity index (χ0v) is 17.2. The third kappa shape index (κ3) is 6.42. The molecule has 0 spiro atoms. The van der Waals surface area contributed by atoms with E-state index in [2.05, 4.69) is 5.32 Å². The molecule has 0 aromatic heterocycles. The van der Waals surface area contributed by atoms with Gasteiger partial charge in [0.25, 0.3) is 5.91 Å². The average molecular weight is 418 g/mol. The van der Waals surface area contributed by atoms with Crippen molar-refractivity contribution in [1.82, 2.24) is 0 Å². The number of hydrogen-bond acceptors (Lipinski definition) is 6. The molecule has 0 aliphatic carbocycles. The zero-order valence-electron chi connectivity index (χ0n) is 16.3. The molecule has 0 aliphatic rings. The molecule has 29 heavy (non-hydrogen) atoms. The maximum Gasteiger partial charge on any atom is 0.327 e. The molecule has 2 rings (SSSR count). The average Bonchev–Trinajstić information content (AvgIpc) is 2.64. The molecule has 0 saturated carbocycles. The van der Waals surface area contributed by atoms with Crippen LogP contribution in [0.5, 0.6) is 0 Å². The number of carbonyl (C=O) groups excluding carboxylic acids is 3. The lowest BCUT2D eigenvalue weighted by molar-refractivity contribution is -0.145. The Morgan fingerprint density at radius 3 is 2.38 bits per heavy atom. The summed E-state index contributed by atoms with van der Waals surface area (Å²) < 4.78 is 30.0. The summed E-state index contributed by atoms with van der Waals surface area (Å²) in [6.07, 6.45) is 0.988. The Balaban J connectivity index is 1.99. The van der Waals surface area contributed by atoms with E-state index in [9.17, 15) is 22.8 Å². The molecule has 154 valence electrons. The van der Waals surface area contributed by atoms with Gasteiger partial charge < -0.3 is 10.1 Å². The minimum atomic E-state index is -3.74. The first-order valence-electron chi connectivity index (χ1n) is 8.67. The molecule has 0 saturated heterocycles. The van der Waals surface area contributed by atoms with Crippen LogP contribution in [-0.2, 0) is 24.3 Å². The number of Topliss-reactive ketones (excluding diaryl/α,β-unsaturated/α-hetero) is 1. The van der Waals surface area contributed by atoms with Gasteiger partial charge in [0, 0.05) is 11.3 Å². The Hall–Kier alpha value is -3.20. The number of nitrogens with one attached hydrogen (secondary N) is 1. The summed E-state index contributed by atoms with van der Waals surface area (Å²) in [5, 5.41) is 2.52. The number of amides is 1. The lowest BCUT2D eigenvalue weighted by Crippen LogP contribution is -2.37.